The summed E-state index contributed by atoms with van der Waals surface area (Å²) < 4.78 is 7.06. The zero-order chi connectivity index (χ0) is 19.2. The Morgan fingerprint density at radius 1 is 1.26 bits per heavy atom. The lowest BCUT2D eigenvalue weighted by atomic mass is 10.3. The molecule has 1 aromatic heterocycles. The van der Waals surface area contributed by atoms with E-state index in [9.17, 15) is 4.79 Å². The van der Waals surface area contributed by atoms with Crippen molar-refractivity contribution in [1.82, 2.24) is 9.55 Å². The van der Waals surface area contributed by atoms with E-state index in [1.165, 1.54) is 23.5 Å². The van der Waals surface area contributed by atoms with E-state index < -0.39 is 0 Å². The number of carbonyl (C=O) groups is 1. The third kappa shape index (κ3) is 5.45. The fourth-order valence-electron chi connectivity index (χ4n) is 2.24. The number of nitrogens with one attached hydrogen (secondary N) is 1. The minimum absolute atomic E-state index is 0.0974. The number of benzene rings is 2. The topological polar surface area (TPSA) is 56.1 Å². The highest BCUT2D eigenvalue weighted by atomic mass is 35.5. The molecule has 0 saturated carbocycles. The predicted molar refractivity (Wildman–Crippen MR) is 111 cm³/mol. The molecule has 8 heteroatoms. The van der Waals surface area contributed by atoms with E-state index >= 15 is 0 Å². The predicted octanol–water partition coefficient (Wildman–Crippen LogP) is 4.96. The van der Waals surface area contributed by atoms with Crippen molar-refractivity contribution in [2.45, 2.75) is 14.9 Å². The van der Waals surface area contributed by atoms with E-state index in [2.05, 4.69) is 10.3 Å². The number of amides is 1. The molecule has 0 bridgehead atoms. The van der Waals surface area contributed by atoms with Gasteiger partial charge in [0, 0.05) is 34.3 Å². The Morgan fingerprint density at radius 3 is 2.70 bits per heavy atom. The summed E-state index contributed by atoms with van der Waals surface area (Å²) in [4.78, 5) is 18.6. The van der Waals surface area contributed by atoms with Crippen LogP contribution in [0.15, 0.2) is 69.8 Å². The molecule has 0 radical (unpaired) electrons. The molecule has 1 N–H and O–H groups in total. The maximum absolute atomic E-state index is 12.4. The second kappa shape index (κ2) is 9.21. The molecule has 2 aromatic carbocycles. The Bertz CT molecular complexity index is 929. The number of nitrogens with zero attached hydrogens (tertiary/aromatic N) is 2. The highest BCUT2D eigenvalue weighted by molar-refractivity contribution is 8.00. The van der Waals surface area contributed by atoms with E-state index in [-0.39, 0.29) is 5.91 Å². The fraction of sp³-hybridized carbons (Fsp3) is 0.158. The van der Waals surface area contributed by atoms with Crippen molar-refractivity contribution in [3.8, 4) is 5.75 Å². The highest BCUT2D eigenvalue weighted by Crippen LogP contribution is 2.34. The van der Waals surface area contributed by atoms with Gasteiger partial charge in [-0.15, -0.1) is 11.8 Å². The van der Waals surface area contributed by atoms with Gasteiger partial charge >= 0.3 is 0 Å². The van der Waals surface area contributed by atoms with Crippen LogP contribution in [0.4, 0.5) is 5.69 Å². The Kier molecular flexibility index (Phi) is 6.71. The third-order valence-corrected chi connectivity index (χ3v) is 6.02. The summed E-state index contributed by atoms with van der Waals surface area (Å²) in [6.45, 7) is 0. The summed E-state index contributed by atoms with van der Waals surface area (Å²) >= 11 is 9.05. The van der Waals surface area contributed by atoms with E-state index in [0.717, 1.165) is 20.7 Å². The summed E-state index contributed by atoms with van der Waals surface area (Å²) in [5.74, 6) is 0.990. The first-order chi connectivity index (χ1) is 13.0. The van der Waals surface area contributed by atoms with Crippen LogP contribution in [-0.4, -0.2) is 28.3 Å². The number of aromatic nitrogens is 2. The number of methoxy groups -OCH3 is 1. The third-order valence-electron chi connectivity index (χ3n) is 3.62. The first-order valence-electron chi connectivity index (χ1n) is 8.06. The van der Waals surface area contributed by atoms with Gasteiger partial charge in [0.25, 0.3) is 0 Å². The molecule has 0 fully saturated rings. The van der Waals surface area contributed by atoms with Gasteiger partial charge < -0.3 is 14.6 Å². The number of aryl methyl sites for hydroxylation is 1. The molecular formula is C19H18ClN3O2S2. The number of ether oxygens (including phenoxy) is 1. The molecule has 27 heavy (non-hydrogen) atoms. The monoisotopic (exact) mass is 419 g/mol. The molecule has 0 saturated heterocycles. The van der Waals surface area contributed by atoms with Gasteiger partial charge in [-0.2, -0.15) is 0 Å². The van der Waals surface area contributed by atoms with Crippen LogP contribution in [0.5, 0.6) is 5.75 Å². The van der Waals surface area contributed by atoms with Crippen molar-refractivity contribution >= 4 is 46.7 Å². The molecule has 0 aliphatic carbocycles. The normalized spacial score (nSPS) is 10.6. The van der Waals surface area contributed by atoms with E-state index in [4.69, 9.17) is 16.3 Å². The van der Waals surface area contributed by atoms with E-state index in [1.807, 2.05) is 48.1 Å². The molecule has 140 valence electrons. The molecule has 3 rings (SSSR count). The van der Waals surface area contributed by atoms with E-state index in [1.54, 1.807) is 25.4 Å². The number of hydrogen-bond acceptors (Lipinski definition) is 5. The van der Waals surface area contributed by atoms with Crippen molar-refractivity contribution in [2.24, 2.45) is 7.05 Å². The zero-order valence-electron chi connectivity index (χ0n) is 14.8. The van der Waals surface area contributed by atoms with Gasteiger partial charge in [0.1, 0.15) is 5.75 Å². The van der Waals surface area contributed by atoms with Crippen LogP contribution in [0.25, 0.3) is 0 Å². The number of rotatable bonds is 7. The Morgan fingerprint density at radius 2 is 2.04 bits per heavy atom. The molecule has 1 heterocycles. The Balaban J connectivity index is 1.65. The number of carbonyl (C=O) groups excluding carboxylic acids is 1. The molecule has 5 nitrogen and oxygen atoms in total. The van der Waals surface area contributed by atoms with Gasteiger partial charge in [-0.05, 0) is 54.2 Å². The second-order valence-corrected chi connectivity index (χ2v) is 8.07. The summed E-state index contributed by atoms with van der Waals surface area (Å²) in [5.41, 5.74) is 0.677. The molecule has 0 spiro atoms. The van der Waals surface area contributed by atoms with Crippen LogP contribution in [-0.2, 0) is 11.8 Å². The molecule has 0 unspecified atom stereocenters. The van der Waals surface area contributed by atoms with Crippen LogP contribution in [0.3, 0.4) is 0 Å². The maximum Gasteiger partial charge on any atom is 0.234 e. The second-order valence-electron chi connectivity index (χ2n) is 5.58. The Hall–Kier alpha value is -2.09. The minimum Gasteiger partial charge on any atom is -0.497 e. The SMILES string of the molecule is COc1ccc(SCC(=O)Nc2cc(Cl)ccc2Sc2nccn2C)cc1. The van der Waals surface area contributed by atoms with Gasteiger partial charge in [0.05, 0.1) is 18.6 Å². The number of halogens is 1. The number of anilines is 1. The van der Waals surface area contributed by atoms with Crippen molar-refractivity contribution in [1.29, 1.82) is 0 Å². The lowest BCUT2D eigenvalue weighted by Crippen LogP contribution is -2.14. The molecule has 0 atom stereocenters. The number of imidazole rings is 1. The van der Waals surface area contributed by atoms with Crippen LogP contribution in [0, 0.1) is 0 Å². The van der Waals surface area contributed by atoms with Crippen LogP contribution >= 0.6 is 35.1 Å². The highest BCUT2D eigenvalue weighted by Gasteiger charge is 2.12. The van der Waals surface area contributed by atoms with Crippen molar-refractivity contribution in [3.63, 3.8) is 0 Å². The molecule has 1 amide bonds. The quantitative estimate of drug-likeness (QED) is 0.548. The van der Waals surface area contributed by atoms with Gasteiger partial charge in [-0.25, -0.2) is 4.98 Å². The van der Waals surface area contributed by atoms with Gasteiger partial charge in [-0.1, -0.05) is 11.6 Å². The summed E-state index contributed by atoms with van der Waals surface area (Å²) in [6, 6.07) is 13.0. The number of thioether (sulfide) groups is 1. The smallest absolute Gasteiger partial charge is 0.234 e. The first kappa shape index (κ1) is 19.7. The number of hydrogen-bond donors (Lipinski definition) is 1. The van der Waals surface area contributed by atoms with E-state index in [0.29, 0.717) is 16.5 Å². The zero-order valence-corrected chi connectivity index (χ0v) is 17.2. The van der Waals surface area contributed by atoms with Crippen molar-refractivity contribution < 1.29 is 9.53 Å². The summed E-state index contributed by atoms with van der Waals surface area (Å²) in [5, 5.41) is 4.35. The summed E-state index contributed by atoms with van der Waals surface area (Å²) in [6.07, 6.45) is 3.62. The van der Waals surface area contributed by atoms with Crippen LogP contribution in [0.2, 0.25) is 5.02 Å². The molecule has 0 aliphatic heterocycles. The first-order valence-corrected chi connectivity index (χ1v) is 10.2. The average Bonchev–Trinajstić information content (AvgIpc) is 3.07. The fourth-order valence-corrected chi connectivity index (χ4v) is 3.99. The molecule has 0 aliphatic rings. The van der Waals surface area contributed by atoms with Gasteiger partial charge in [-0.3, -0.25) is 4.79 Å². The average molecular weight is 420 g/mol. The molecular weight excluding hydrogens is 402 g/mol. The lowest BCUT2D eigenvalue weighted by Gasteiger charge is -2.11. The summed E-state index contributed by atoms with van der Waals surface area (Å²) in [7, 11) is 3.55. The van der Waals surface area contributed by atoms with Crippen molar-refractivity contribution in [2.75, 3.05) is 18.2 Å². The van der Waals surface area contributed by atoms with Gasteiger partial charge in [0.15, 0.2) is 5.16 Å². The lowest BCUT2D eigenvalue weighted by molar-refractivity contribution is -0.113. The largest absolute Gasteiger partial charge is 0.497 e. The van der Waals surface area contributed by atoms with Crippen molar-refractivity contribution in [3.05, 3.63) is 59.9 Å². The van der Waals surface area contributed by atoms with Gasteiger partial charge in [0.2, 0.25) is 5.91 Å². The van der Waals surface area contributed by atoms with Crippen LogP contribution < -0.4 is 10.1 Å². The molecule has 3 aromatic rings. The minimum atomic E-state index is -0.0974. The van der Waals surface area contributed by atoms with Crippen LogP contribution in [0.1, 0.15) is 0 Å². The maximum atomic E-state index is 12.4. The standard InChI is InChI=1S/C19H18ClN3O2S2/c1-23-10-9-21-19(23)27-17-8-3-13(20)11-16(17)22-18(24)12-26-15-6-4-14(25-2)5-7-15/h3-11H,12H2,1-2H3,(H,22,24). The Labute approximate surface area is 171 Å².